The van der Waals surface area contributed by atoms with Crippen molar-refractivity contribution in [2.45, 2.75) is 30.4 Å². The van der Waals surface area contributed by atoms with Gasteiger partial charge in [0.05, 0.1) is 10.0 Å². The highest BCUT2D eigenvalue weighted by atomic mass is 32.3. The van der Waals surface area contributed by atoms with E-state index in [0.29, 0.717) is 0 Å². The predicted octanol–water partition coefficient (Wildman–Crippen LogP) is 1.88. The van der Waals surface area contributed by atoms with Gasteiger partial charge in [-0.05, 0) is 32.9 Å². The smallest absolute Gasteiger partial charge is 0.112 e. The molecule has 0 saturated heterocycles. The lowest BCUT2D eigenvalue weighted by Gasteiger charge is -2.30. The van der Waals surface area contributed by atoms with E-state index in [9.17, 15) is 16.8 Å². The highest BCUT2D eigenvalue weighted by molar-refractivity contribution is 8.12. The van der Waals surface area contributed by atoms with E-state index in [4.69, 9.17) is 0 Å². The van der Waals surface area contributed by atoms with Crippen LogP contribution in [0.5, 0.6) is 0 Å². The number of sulfonamides is 2. The Morgan fingerprint density at radius 1 is 0.941 bits per heavy atom. The summed E-state index contributed by atoms with van der Waals surface area (Å²) in [6.45, 7) is 4.19. The number of nitrogens with zero attached hydrogens (tertiary/aromatic N) is 1. The minimum absolute atomic E-state index is 0.132. The first-order chi connectivity index (χ1) is 7.56. The quantitative estimate of drug-likeness (QED) is 0.844. The summed E-state index contributed by atoms with van der Waals surface area (Å²) < 4.78 is 48.7. The molecule has 1 rings (SSSR count). The van der Waals surface area contributed by atoms with Gasteiger partial charge < -0.3 is 4.13 Å². The van der Waals surface area contributed by atoms with Gasteiger partial charge in [0.2, 0.25) is 0 Å². The first kappa shape index (κ1) is 14.1. The summed E-state index contributed by atoms with van der Waals surface area (Å²) in [4.78, 5) is -0.132. The topological polar surface area (TPSA) is 82.4 Å². The normalized spacial score (nSPS) is 13.6. The number of rotatable bonds is 3. The van der Waals surface area contributed by atoms with E-state index in [1.807, 2.05) is 0 Å². The Morgan fingerprint density at radius 2 is 1.41 bits per heavy atom. The Labute approximate surface area is 102 Å². The molecule has 5 nitrogen and oxygen atoms in total. The van der Waals surface area contributed by atoms with Gasteiger partial charge in [0.1, 0.15) is 10.0 Å². The summed E-state index contributed by atoms with van der Waals surface area (Å²) in [6.07, 6.45) is 0. The van der Waals surface area contributed by atoms with Crippen LogP contribution in [0, 0.1) is 0 Å². The Kier molecular flexibility index (Phi) is 3.66. The van der Waals surface area contributed by atoms with Crippen LogP contribution in [-0.2, 0) is 20.0 Å². The van der Waals surface area contributed by atoms with E-state index in [-0.39, 0.29) is 4.90 Å². The van der Waals surface area contributed by atoms with Gasteiger partial charge in [-0.15, -0.1) is 0 Å². The third kappa shape index (κ3) is 3.27. The molecule has 0 amide bonds. The summed E-state index contributed by atoms with van der Waals surface area (Å²) in [7, 11) is -8.23. The number of benzene rings is 1. The van der Waals surface area contributed by atoms with Crippen molar-refractivity contribution >= 4 is 20.0 Å². The molecular weight excluding hydrogens is 262 g/mol. The van der Waals surface area contributed by atoms with Gasteiger partial charge >= 0.3 is 0 Å². The van der Waals surface area contributed by atoms with Crippen LogP contribution < -0.4 is 0 Å². The Bertz CT molecular complexity index is 583. The molecule has 1 aromatic carbocycles. The van der Waals surface area contributed by atoms with Crippen molar-refractivity contribution in [1.29, 1.82) is 0 Å². The van der Waals surface area contributed by atoms with Crippen molar-refractivity contribution < 1.29 is 16.8 Å². The van der Waals surface area contributed by atoms with Crippen LogP contribution in [0.2, 0.25) is 0 Å². The molecule has 0 aliphatic carbocycles. The van der Waals surface area contributed by atoms with Crippen LogP contribution in [0.1, 0.15) is 20.8 Å². The third-order valence-corrected chi connectivity index (χ3v) is 6.00. The summed E-state index contributed by atoms with van der Waals surface area (Å²) in [5.41, 5.74) is 0. The van der Waals surface area contributed by atoms with Gasteiger partial charge in [-0.25, -0.2) is 16.8 Å². The van der Waals surface area contributed by atoms with Gasteiger partial charge in [0.15, 0.2) is 0 Å². The molecule has 7 heteroatoms. The Morgan fingerprint density at radius 3 is 1.82 bits per heavy atom. The van der Waals surface area contributed by atoms with E-state index in [1.165, 1.54) is 45.0 Å². The van der Waals surface area contributed by atoms with Crippen molar-refractivity contribution in [3.63, 3.8) is 0 Å². The van der Waals surface area contributed by atoms with E-state index in [0.717, 1.165) is 0 Å². The van der Waals surface area contributed by atoms with Crippen LogP contribution >= 0.6 is 0 Å². The molecule has 17 heavy (non-hydrogen) atoms. The van der Waals surface area contributed by atoms with Crippen LogP contribution in [0.3, 0.4) is 0 Å². The molecule has 0 fully saturated rings. The highest BCUT2D eigenvalue weighted by Gasteiger charge is 2.24. The summed E-state index contributed by atoms with van der Waals surface area (Å²) in [6, 6.07) is 7.25. The monoisotopic (exact) mass is 276 g/mol. The lowest BCUT2D eigenvalue weighted by Crippen LogP contribution is -2.28. The maximum absolute atomic E-state index is 11.7. The maximum atomic E-state index is 11.7. The van der Waals surface area contributed by atoms with Gasteiger partial charge in [0, 0.05) is 9.64 Å². The Hall–Kier alpha value is -0.920. The van der Waals surface area contributed by atoms with Crippen molar-refractivity contribution in [2.75, 3.05) is 0 Å². The molecule has 0 unspecified atom stereocenters. The lowest BCUT2D eigenvalue weighted by molar-refractivity contribution is 0.567. The van der Waals surface area contributed by atoms with E-state index >= 15 is 0 Å². The zero-order valence-electron chi connectivity index (χ0n) is 9.78. The second kappa shape index (κ2) is 4.40. The number of hydrogen-bond donors (Lipinski definition) is 0. The van der Waals surface area contributed by atoms with Gasteiger partial charge in [-0.3, -0.25) is 0 Å². The van der Waals surface area contributed by atoms with Gasteiger partial charge in [0.25, 0.3) is 0 Å². The van der Waals surface area contributed by atoms with E-state index in [1.54, 1.807) is 6.07 Å². The SMILES string of the molecule is CC(C)(C)S(=O)(=O)[N-]S(=O)(=O)c1ccccc1. The molecule has 0 N–H and O–H groups in total. The van der Waals surface area contributed by atoms with Gasteiger partial charge in [-0.1, -0.05) is 18.2 Å². The molecule has 96 valence electrons. The van der Waals surface area contributed by atoms with Crippen LogP contribution in [0.25, 0.3) is 4.13 Å². The molecule has 0 aliphatic heterocycles. The highest BCUT2D eigenvalue weighted by Crippen LogP contribution is 2.27. The fourth-order valence-corrected chi connectivity index (χ4v) is 3.65. The molecule has 0 saturated carbocycles. The van der Waals surface area contributed by atoms with Crippen molar-refractivity contribution in [3.8, 4) is 0 Å². The molecule has 0 bridgehead atoms. The van der Waals surface area contributed by atoms with Crippen LogP contribution in [-0.4, -0.2) is 21.6 Å². The van der Waals surface area contributed by atoms with E-state index in [2.05, 4.69) is 4.13 Å². The predicted molar refractivity (Wildman–Crippen MR) is 65.7 cm³/mol. The minimum atomic E-state index is -4.16. The first-order valence-electron chi connectivity index (χ1n) is 4.85. The standard InChI is InChI=1S/C10H14NO4S2/c1-10(2,3)17(14,15)11-16(12,13)9-7-5-4-6-8-9/h4-8H,1-3H3/q-1. The van der Waals surface area contributed by atoms with E-state index < -0.39 is 24.8 Å². The van der Waals surface area contributed by atoms with Crippen molar-refractivity contribution in [1.82, 2.24) is 0 Å². The zero-order chi connectivity index (χ0) is 13.3. The molecule has 1 aromatic rings. The minimum Gasteiger partial charge on any atom is -0.431 e. The maximum Gasteiger partial charge on any atom is 0.112 e. The summed E-state index contributed by atoms with van der Waals surface area (Å²) in [5.74, 6) is 0. The largest absolute Gasteiger partial charge is 0.431 e. The lowest BCUT2D eigenvalue weighted by atomic mass is 10.3. The average molecular weight is 276 g/mol. The molecule has 0 radical (unpaired) electrons. The summed E-state index contributed by atoms with van der Waals surface area (Å²) in [5, 5.41) is 0. The fraction of sp³-hybridized carbons (Fsp3) is 0.400. The fourth-order valence-electron chi connectivity index (χ4n) is 0.876. The first-order valence-corrected chi connectivity index (χ1v) is 7.73. The van der Waals surface area contributed by atoms with Crippen molar-refractivity contribution in [2.24, 2.45) is 0 Å². The second-order valence-corrected chi connectivity index (χ2v) is 8.64. The molecule has 0 aliphatic rings. The molecular formula is C10H14NO4S2-. The number of hydrogen-bond acceptors (Lipinski definition) is 4. The third-order valence-electron chi connectivity index (χ3n) is 2.01. The zero-order valence-corrected chi connectivity index (χ0v) is 11.4. The van der Waals surface area contributed by atoms with Gasteiger partial charge in [-0.2, -0.15) is 0 Å². The van der Waals surface area contributed by atoms with Crippen molar-refractivity contribution in [3.05, 3.63) is 34.5 Å². The average Bonchev–Trinajstić information content (AvgIpc) is 2.15. The second-order valence-electron chi connectivity index (χ2n) is 4.45. The van der Waals surface area contributed by atoms with Crippen LogP contribution in [0.15, 0.2) is 35.2 Å². The molecule has 0 heterocycles. The summed E-state index contributed by atoms with van der Waals surface area (Å²) >= 11 is 0. The molecule has 0 spiro atoms. The Balaban J connectivity index is 3.14. The van der Waals surface area contributed by atoms with Crippen LogP contribution in [0.4, 0.5) is 0 Å². The molecule has 0 atom stereocenters. The molecule has 0 aromatic heterocycles.